The number of rotatable bonds is 5. The van der Waals surface area contributed by atoms with E-state index in [1.54, 1.807) is 18.3 Å². The molecular formula is C24H23ClF3N7S. The van der Waals surface area contributed by atoms with Gasteiger partial charge in [-0.1, -0.05) is 17.7 Å². The highest BCUT2D eigenvalue weighted by Gasteiger charge is 2.42. The highest BCUT2D eigenvalue weighted by atomic mass is 35.5. The topological polar surface area (TPSA) is 61.6 Å². The predicted octanol–water partition coefficient (Wildman–Crippen LogP) is 4.42. The lowest BCUT2D eigenvalue weighted by atomic mass is 9.92. The Morgan fingerprint density at radius 3 is 2.69 bits per heavy atom. The average molecular weight is 534 g/mol. The van der Waals surface area contributed by atoms with Gasteiger partial charge >= 0.3 is 6.55 Å². The number of amidine groups is 1. The molecule has 3 aromatic rings. The summed E-state index contributed by atoms with van der Waals surface area (Å²) in [5.74, 6) is 0.251. The number of thiazole rings is 1. The second kappa shape index (κ2) is 9.62. The lowest BCUT2D eigenvalue weighted by molar-refractivity contribution is 0.0564. The monoisotopic (exact) mass is 533 g/mol. The van der Waals surface area contributed by atoms with Gasteiger partial charge in [0.15, 0.2) is 10.8 Å². The molecule has 1 N–H and O–H groups in total. The van der Waals surface area contributed by atoms with E-state index in [0.717, 1.165) is 36.9 Å². The fraction of sp³-hybridized carbons (Fsp3) is 0.375. The number of nitrogens with zero attached hydrogens (tertiary/aromatic N) is 6. The van der Waals surface area contributed by atoms with Crippen molar-refractivity contribution in [1.29, 1.82) is 0 Å². The molecule has 12 heteroatoms. The van der Waals surface area contributed by atoms with Crippen LogP contribution in [0.4, 0.5) is 13.2 Å². The van der Waals surface area contributed by atoms with Crippen LogP contribution in [0.3, 0.4) is 0 Å². The van der Waals surface area contributed by atoms with Gasteiger partial charge in [0.1, 0.15) is 11.9 Å². The summed E-state index contributed by atoms with van der Waals surface area (Å²) in [6.07, 6.45) is 3.70. The average Bonchev–Trinajstić information content (AvgIpc) is 3.65. The maximum atomic E-state index is 13.9. The summed E-state index contributed by atoms with van der Waals surface area (Å²) in [5, 5.41) is 10.5. The number of piperazine rings is 1. The smallest absolute Gasteiger partial charge is 0.326 e. The van der Waals surface area contributed by atoms with Crippen LogP contribution in [0, 0.1) is 5.82 Å². The number of hydrogen-bond donors (Lipinski definition) is 1. The number of benzene rings is 1. The molecule has 2 aromatic heterocycles. The van der Waals surface area contributed by atoms with E-state index in [-0.39, 0.29) is 11.1 Å². The number of aliphatic imine (C=N–C) groups is 1. The predicted molar refractivity (Wildman–Crippen MR) is 133 cm³/mol. The van der Waals surface area contributed by atoms with E-state index in [9.17, 15) is 13.2 Å². The first kappa shape index (κ1) is 23.7. The first-order chi connectivity index (χ1) is 17.5. The van der Waals surface area contributed by atoms with Gasteiger partial charge in [0.25, 0.3) is 0 Å². The van der Waals surface area contributed by atoms with E-state index in [2.05, 4.69) is 25.2 Å². The van der Waals surface area contributed by atoms with Gasteiger partial charge in [0, 0.05) is 84.8 Å². The molecule has 0 amide bonds. The Kier molecular flexibility index (Phi) is 6.32. The van der Waals surface area contributed by atoms with Crippen molar-refractivity contribution < 1.29 is 13.2 Å². The third kappa shape index (κ3) is 4.23. The summed E-state index contributed by atoms with van der Waals surface area (Å²) in [6.45, 7) is 1.64. The van der Waals surface area contributed by atoms with Crippen molar-refractivity contribution in [1.82, 2.24) is 29.9 Å². The highest BCUT2D eigenvalue weighted by Crippen LogP contribution is 2.46. The Balaban J connectivity index is 1.52. The van der Waals surface area contributed by atoms with Crippen molar-refractivity contribution in [2.24, 2.45) is 4.99 Å². The zero-order valence-electron chi connectivity index (χ0n) is 19.1. The van der Waals surface area contributed by atoms with Crippen LogP contribution in [0.5, 0.6) is 0 Å². The van der Waals surface area contributed by atoms with Gasteiger partial charge in [-0.15, -0.1) is 11.3 Å². The lowest BCUT2D eigenvalue weighted by Crippen LogP contribution is -2.49. The van der Waals surface area contributed by atoms with Gasteiger partial charge < -0.3 is 10.2 Å². The number of nitrogens with one attached hydrogen (secondary N) is 1. The van der Waals surface area contributed by atoms with Crippen LogP contribution in [0.2, 0.25) is 5.02 Å². The van der Waals surface area contributed by atoms with E-state index in [1.807, 2.05) is 5.38 Å². The van der Waals surface area contributed by atoms with Crippen molar-refractivity contribution in [2.75, 3.05) is 32.7 Å². The number of hydrogen-bond acceptors (Lipinski definition) is 7. The van der Waals surface area contributed by atoms with Crippen LogP contribution in [0.15, 0.2) is 52.7 Å². The minimum absolute atomic E-state index is 0.221. The van der Waals surface area contributed by atoms with Gasteiger partial charge in [0.2, 0.25) is 0 Å². The van der Waals surface area contributed by atoms with E-state index in [0.29, 0.717) is 40.3 Å². The summed E-state index contributed by atoms with van der Waals surface area (Å²) in [6, 6.07) is 5.35. The molecule has 5 heterocycles. The molecule has 2 saturated heterocycles. The van der Waals surface area contributed by atoms with Crippen LogP contribution in [0.1, 0.15) is 35.3 Å². The van der Waals surface area contributed by atoms with Gasteiger partial charge in [-0.05, 0) is 18.2 Å². The zero-order chi connectivity index (χ0) is 24.8. The highest BCUT2D eigenvalue weighted by molar-refractivity contribution is 7.11. The molecule has 1 aromatic carbocycles. The first-order valence-electron chi connectivity index (χ1n) is 11.7. The third-order valence-corrected chi connectivity index (χ3v) is 7.97. The van der Waals surface area contributed by atoms with Crippen LogP contribution in [-0.4, -0.2) is 69.2 Å². The molecule has 3 aliphatic heterocycles. The molecule has 0 unspecified atom stereocenters. The maximum Gasteiger partial charge on any atom is 0.333 e. The molecule has 36 heavy (non-hydrogen) atoms. The summed E-state index contributed by atoms with van der Waals surface area (Å²) in [5.41, 5.74) is 2.67. The van der Waals surface area contributed by atoms with E-state index < -0.39 is 18.4 Å². The van der Waals surface area contributed by atoms with Crippen LogP contribution >= 0.6 is 22.9 Å². The number of fused-ring (bicyclic) bond motifs is 1. The normalized spacial score (nSPS) is 22.9. The number of aromatic nitrogens is 3. The Morgan fingerprint density at radius 2 is 2.00 bits per heavy atom. The lowest BCUT2D eigenvalue weighted by Gasteiger charge is -2.33. The summed E-state index contributed by atoms with van der Waals surface area (Å²) < 4.78 is 41.5. The fourth-order valence-corrected chi connectivity index (χ4v) is 6.14. The maximum absolute atomic E-state index is 13.9. The minimum Gasteiger partial charge on any atom is -0.326 e. The molecule has 0 radical (unpaired) electrons. The van der Waals surface area contributed by atoms with Gasteiger partial charge in [-0.3, -0.25) is 9.89 Å². The van der Waals surface area contributed by atoms with Crippen LogP contribution < -0.4 is 5.32 Å². The Hall–Kier alpha value is -2.73. The second-order valence-electron chi connectivity index (χ2n) is 8.93. The molecule has 6 rings (SSSR count). The van der Waals surface area contributed by atoms with Gasteiger partial charge in [-0.25, -0.2) is 14.1 Å². The summed E-state index contributed by atoms with van der Waals surface area (Å²) >= 11 is 8.00. The second-order valence-corrected chi connectivity index (χ2v) is 10.2. The van der Waals surface area contributed by atoms with Crippen molar-refractivity contribution in [3.63, 3.8) is 0 Å². The summed E-state index contributed by atoms with van der Waals surface area (Å²) in [4.78, 5) is 14.2. The van der Waals surface area contributed by atoms with Crippen molar-refractivity contribution >= 4 is 34.3 Å². The van der Waals surface area contributed by atoms with Crippen molar-refractivity contribution in [3.8, 4) is 0 Å². The van der Waals surface area contributed by atoms with Gasteiger partial charge in [-0.2, -0.15) is 13.9 Å². The molecule has 0 spiro atoms. The molecule has 0 saturated carbocycles. The zero-order valence-corrected chi connectivity index (χ0v) is 20.7. The van der Waals surface area contributed by atoms with Gasteiger partial charge in [0.05, 0.1) is 5.69 Å². The quantitative estimate of drug-likeness (QED) is 0.526. The first-order valence-corrected chi connectivity index (χ1v) is 13.0. The molecule has 2 fully saturated rings. The molecule has 188 valence electrons. The molecular weight excluding hydrogens is 511 g/mol. The number of alkyl halides is 2. The standard InChI is InChI=1S/C24H23ClF3N7S/c25-17-11-14(26)1-2-16(17)21-20(18-3-7-35(32-18)24(27)28)19-12-15(33-8-4-29-5-9-33)13-34(19)22(31-21)23-30-6-10-36-23/h1-3,6-7,10-11,15,21,24,29H,4-5,8-9,12-13H2/t15-,21-/m0/s1. The van der Waals surface area contributed by atoms with Crippen LogP contribution in [0.25, 0.3) is 5.57 Å². The van der Waals surface area contributed by atoms with E-state index >= 15 is 0 Å². The Morgan fingerprint density at radius 1 is 1.17 bits per heavy atom. The SMILES string of the molecule is Fc1ccc([C@@H]2N=C(c3nccs3)N3C[C@@H](N4CCNCC4)CC3=C2c2ccn(C(F)F)n2)c(Cl)c1. The Bertz CT molecular complexity index is 1320. The fourth-order valence-electron chi connectivity index (χ4n) is 5.23. The molecule has 2 atom stereocenters. The molecule has 0 bridgehead atoms. The minimum atomic E-state index is -2.76. The van der Waals surface area contributed by atoms with Crippen LogP contribution in [-0.2, 0) is 0 Å². The number of halogens is 4. The van der Waals surface area contributed by atoms with Crippen molar-refractivity contribution in [3.05, 3.63) is 74.8 Å². The van der Waals surface area contributed by atoms with Crippen molar-refractivity contribution in [2.45, 2.75) is 25.1 Å². The third-order valence-electron chi connectivity index (χ3n) is 6.87. The molecule has 3 aliphatic rings. The largest absolute Gasteiger partial charge is 0.333 e. The molecule has 0 aliphatic carbocycles. The summed E-state index contributed by atoms with van der Waals surface area (Å²) in [7, 11) is 0. The Labute approximate surface area is 214 Å². The van der Waals surface area contributed by atoms with E-state index in [1.165, 1.54) is 29.7 Å². The molecule has 7 nitrogen and oxygen atoms in total. The van der Waals surface area contributed by atoms with E-state index in [4.69, 9.17) is 16.6 Å².